The molecule has 0 bridgehead atoms. The average molecular weight is 460 g/mol. The molecule has 0 unspecified atom stereocenters. The van der Waals surface area contributed by atoms with E-state index in [0.29, 0.717) is 6.42 Å². The Balaban J connectivity index is 4.49. The Labute approximate surface area is 165 Å². The molecule has 0 aromatic heterocycles. The van der Waals surface area contributed by atoms with E-state index in [0.717, 1.165) is 0 Å². The standard InChI is InChI=1S/C16H20F8O6/c1-4-13(2,3)12(27)30-8-29-10(26)7-9(25)28-6-5-14(19,20)16(23,24)15(21,22)11(17)18/h11H,4-8H2,1-3H3. The van der Waals surface area contributed by atoms with Crippen molar-refractivity contribution >= 4 is 17.9 Å². The molecule has 0 amide bonds. The van der Waals surface area contributed by atoms with Gasteiger partial charge in [-0.1, -0.05) is 6.92 Å². The number of halogens is 8. The monoisotopic (exact) mass is 460 g/mol. The van der Waals surface area contributed by atoms with E-state index in [2.05, 4.69) is 14.2 Å². The van der Waals surface area contributed by atoms with Crippen LogP contribution >= 0.6 is 0 Å². The lowest BCUT2D eigenvalue weighted by Gasteiger charge is -2.32. The molecule has 0 aliphatic heterocycles. The van der Waals surface area contributed by atoms with Crippen LogP contribution in [0.1, 0.15) is 40.0 Å². The van der Waals surface area contributed by atoms with Crippen molar-refractivity contribution in [3.05, 3.63) is 0 Å². The van der Waals surface area contributed by atoms with Crippen molar-refractivity contribution < 1.29 is 63.7 Å². The van der Waals surface area contributed by atoms with Crippen LogP contribution < -0.4 is 0 Å². The Morgan fingerprint density at radius 3 is 1.83 bits per heavy atom. The zero-order chi connectivity index (χ0) is 24.0. The molecule has 0 aromatic rings. The van der Waals surface area contributed by atoms with Crippen LogP contribution in [-0.4, -0.2) is 55.5 Å². The van der Waals surface area contributed by atoms with Crippen LogP contribution in [0, 0.1) is 5.41 Å². The third-order valence-electron chi connectivity index (χ3n) is 3.97. The van der Waals surface area contributed by atoms with E-state index in [-0.39, 0.29) is 0 Å². The summed E-state index contributed by atoms with van der Waals surface area (Å²) in [4.78, 5) is 34.2. The number of carbonyl (C=O) groups excluding carboxylic acids is 3. The molecule has 0 aromatic carbocycles. The van der Waals surface area contributed by atoms with Gasteiger partial charge in [0.15, 0.2) is 0 Å². The first kappa shape index (κ1) is 27.8. The molecule has 0 rings (SSSR count). The highest BCUT2D eigenvalue weighted by molar-refractivity contribution is 5.91. The summed E-state index contributed by atoms with van der Waals surface area (Å²) in [5.41, 5.74) is -0.875. The molecule has 0 saturated heterocycles. The summed E-state index contributed by atoms with van der Waals surface area (Å²) < 4.78 is 115. The van der Waals surface area contributed by atoms with Crippen molar-refractivity contribution in [1.29, 1.82) is 0 Å². The predicted molar refractivity (Wildman–Crippen MR) is 82.2 cm³/mol. The number of rotatable bonds is 12. The maximum Gasteiger partial charge on any atom is 0.377 e. The summed E-state index contributed by atoms with van der Waals surface area (Å²) in [5.74, 6) is -22.0. The van der Waals surface area contributed by atoms with Crippen molar-refractivity contribution in [2.24, 2.45) is 5.41 Å². The zero-order valence-electron chi connectivity index (χ0n) is 16.1. The molecule has 14 heteroatoms. The SMILES string of the molecule is CCC(C)(C)C(=O)OCOC(=O)CC(=O)OCCC(F)(F)C(F)(F)C(F)(F)C(F)F. The van der Waals surface area contributed by atoms with Gasteiger partial charge in [-0.3, -0.25) is 14.4 Å². The van der Waals surface area contributed by atoms with E-state index >= 15 is 0 Å². The van der Waals surface area contributed by atoms with Gasteiger partial charge in [-0.25, -0.2) is 8.78 Å². The van der Waals surface area contributed by atoms with E-state index in [4.69, 9.17) is 0 Å². The molecule has 0 atom stereocenters. The van der Waals surface area contributed by atoms with Crippen LogP contribution in [-0.2, 0) is 28.6 Å². The first-order valence-corrected chi connectivity index (χ1v) is 8.32. The summed E-state index contributed by atoms with van der Waals surface area (Å²) in [5, 5.41) is 0. The van der Waals surface area contributed by atoms with Crippen molar-refractivity contribution in [2.75, 3.05) is 13.4 Å². The third-order valence-corrected chi connectivity index (χ3v) is 3.97. The van der Waals surface area contributed by atoms with E-state index in [9.17, 15) is 49.5 Å². The molecule has 0 N–H and O–H groups in total. The summed E-state index contributed by atoms with van der Waals surface area (Å²) in [7, 11) is 0. The van der Waals surface area contributed by atoms with Crippen molar-refractivity contribution in [2.45, 2.75) is 64.2 Å². The highest BCUT2D eigenvalue weighted by atomic mass is 19.4. The van der Waals surface area contributed by atoms with Gasteiger partial charge in [0.1, 0.15) is 6.42 Å². The first-order chi connectivity index (χ1) is 13.4. The van der Waals surface area contributed by atoms with Gasteiger partial charge in [0.05, 0.1) is 18.4 Å². The molecule has 0 aliphatic carbocycles. The van der Waals surface area contributed by atoms with E-state index in [1.165, 1.54) is 0 Å². The van der Waals surface area contributed by atoms with Crippen LogP contribution in [0.3, 0.4) is 0 Å². The van der Waals surface area contributed by atoms with Crippen molar-refractivity contribution in [3.8, 4) is 0 Å². The fraction of sp³-hybridized carbons (Fsp3) is 0.812. The number of hydrogen-bond donors (Lipinski definition) is 0. The molecule has 0 spiro atoms. The van der Waals surface area contributed by atoms with Gasteiger partial charge >= 0.3 is 42.1 Å². The fourth-order valence-electron chi connectivity index (χ4n) is 1.54. The minimum atomic E-state index is -6.42. The second kappa shape index (κ2) is 10.2. The molecule has 0 saturated carbocycles. The number of ether oxygens (including phenoxy) is 3. The van der Waals surface area contributed by atoms with Gasteiger partial charge in [0.2, 0.25) is 6.79 Å². The van der Waals surface area contributed by atoms with Crippen LogP contribution in [0.25, 0.3) is 0 Å². The largest absolute Gasteiger partial charge is 0.465 e. The van der Waals surface area contributed by atoms with Gasteiger partial charge in [-0.2, -0.15) is 26.3 Å². The lowest BCUT2D eigenvalue weighted by Crippen LogP contribution is -2.57. The molecule has 176 valence electrons. The second-order valence-electron chi connectivity index (χ2n) is 6.65. The highest BCUT2D eigenvalue weighted by Gasteiger charge is 2.74. The smallest absolute Gasteiger partial charge is 0.377 e. The molecule has 0 heterocycles. The van der Waals surface area contributed by atoms with Crippen molar-refractivity contribution in [1.82, 2.24) is 0 Å². The van der Waals surface area contributed by atoms with Gasteiger partial charge in [0.25, 0.3) is 0 Å². The first-order valence-electron chi connectivity index (χ1n) is 8.32. The highest BCUT2D eigenvalue weighted by Crippen LogP contribution is 2.49. The van der Waals surface area contributed by atoms with Crippen molar-refractivity contribution in [3.63, 3.8) is 0 Å². The fourth-order valence-corrected chi connectivity index (χ4v) is 1.54. The number of hydrogen-bond acceptors (Lipinski definition) is 6. The van der Waals surface area contributed by atoms with E-state index in [1.807, 2.05) is 0 Å². The lowest BCUT2D eigenvalue weighted by atomic mass is 9.91. The summed E-state index contributed by atoms with van der Waals surface area (Å²) >= 11 is 0. The summed E-state index contributed by atoms with van der Waals surface area (Å²) in [6.45, 7) is 2.34. The summed E-state index contributed by atoms with van der Waals surface area (Å²) in [6, 6.07) is 0. The molecule has 30 heavy (non-hydrogen) atoms. The topological polar surface area (TPSA) is 78.9 Å². The maximum absolute atomic E-state index is 13.2. The number of alkyl halides is 8. The quantitative estimate of drug-likeness (QED) is 0.190. The van der Waals surface area contributed by atoms with E-state index < -0.39 is 73.8 Å². The van der Waals surface area contributed by atoms with Crippen LogP contribution in [0.2, 0.25) is 0 Å². The molecule has 0 radical (unpaired) electrons. The Kier molecular flexibility index (Phi) is 9.51. The van der Waals surface area contributed by atoms with E-state index in [1.54, 1.807) is 20.8 Å². The molecule has 6 nitrogen and oxygen atoms in total. The normalized spacial score (nSPS) is 13.2. The minimum Gasteiger partial charge on any atom is -0.465 e. The maximum atomic E-state index is 13.2. The summed E-state index contributed by atoms with van der Waals surface area (Å²) in [6.07, 6.45) is -8.08. The third kappa shape index (κ3) is 6.97. The average Bonchev–Trinajstić information content (AvgIpc) is 2.60. The Bertz CT molecular complexity index is 621. The molecular weight excluding hydrogens is 440 g/mol. The van der Waals surface area contributed by atoms with Gasteiger partial charge in [0, 0.05) is 0 Å². The predicted octanol–water partition coefficient (Wildman–Crippen LogP) is 3.96. The lowest BCUT2D eigenvalue weighted by molar-refractivity contribution is -0.340. The zero-order valence-corrected chi connectivity index (χ0v) is 16.1. The Morgan fingerprint density at radius 1 is 0.867 bits per heavy atom. The molecular formula is C16H20F8O6. The van der Waals surface area contributed by atoms with Crippen LogP contribution in [0.4, 0.5) is 35.1 Å². The molecule has 0 fully saturated rings. The van der Waals surface area contributed by atoms with Gasteiger partial charge in [-0.15, -0.1) is 0 Å². The minimum absolute atomic E-state index is 0.402. The second-order valence-corrected chi connectivity index (χ2v) is 6.65. The van der Waals surface area contributed by atoms with Crippen LogP contribution in [0.5, 0.6) is 0 Å². The number of carbonyl (C=O) groups is 3. The van der Waals surface area contributed by atoms with Gasteiger partial charge in [-0.05, 0) is 20.3 Å². The Morgan fingerprint density at radius 2 is 1.37 bits per heavy atom. The van der Waals surface area contributed by atoms with Crippen LogP contribution in [0.15, 0.2) is 0 Å². The number of esters is 3. The Hall–Kier alpha value is -2.15. The molecule has 0 aliphatic rings. The van der Waals surface area contributed by atoms with Gasteiger partial charge < -0.3 is 14.2 Å².